The van der Waals surface area contributed by atoms with Gasteiger partial charge in [0.15, 0.2) is 0 Å². The minimum Gasteiger partial charge on any atom is -0.396 e. The van der Waals surface area contributed by atoms with Crippen LogP contribution in [0.4, 0.5) is 5.69 Å². The van der Waals surface area contributed by atoms with Gasteiger partial charge in [-0.3, -0.25) is 9.78 Å². The first kappa shape index (κ1) is 15.8. The van der Waals surface area contributed by atoms with E-state index in [2.05, 4.69) is 10.3 Å². The van der Waals surface area contributed by atoms with E-state index in [-0.39, 0.29) is 12.5 Å². The molecule has 1 aromatic rings. The Labute approximate surface area is 118 Å². The Kier molecular flexibility index (Phi) is 7.28. The van der Waals surface area contributed by atoms with Crippen molar-refractivity contribution in [1.29, 1.82) is 0 Å². The molecule has 1 heterocycles. The van der Waals surface area contributed by atoms with Gasteiger partial charge in [0.05, 0.1) is 0 Å². The number of aromatic nitrogens is 1. The molecule has 2 N–H and O–H groups in total. The van der Waals surface area contributed by atoms with Gasteiger partial charge in [0.1, 0.15) is 5.69 Å². The van der Waals surface area contributed by atoms with Crippen molar-refractivity contribution in [2.75, 3.05) is 44.1 Å². The van der Waals surface area contributed by atoms with E-state index in [1.54, 1.807) is 38.1 Å². The number of nitrogens with zero attached hydrogens (tertiary/aromatic N) is 2. The zero-order valence-electron chi connectivity index (χ0n) is 11.4. The number of carbonyl (C=O) groups excluding carboxylic acids is 1. The van der Waals surface area contributed by atoms with Crippen LogP contribution in [-0.2, 0) is 0 Å². The lowest BCUT2D eigenvalue weighted by Crippen LogP contribution is -2.22. The number of nitrogens with one attached hydrogen (secondary N) is 1. The van der Waals surface area contributed by atoms with Gasteiger partial charge in [-0.1, -0.05) is 0 Å². The van der Waals surface area contributed by atoms with Gasteiger partial charge in [-0.05, 0) is 24.3 Å². The van der Waals surface area contributed by atoms with Gasteiger partial charge in [0.2, 0.25) is 0 Å². The van der Waals surface area contributed by atoms with Crippen LogP contribution in [0.1, 0.15) is 16.9 Å². The van der Waals surface area contributed by atoms with E-state index in [1.165, 1.54) is 4.90 Å². The fourth-order valence-electron chi connectivity index (χ4n) is 1.42. The van der Waals surface area contributed by atoms with Gasteiger partial charge < -0.3 is 15.3 Å². The van der Waals surface area contributed by atoms with Crippen LogP contribution in [0.3, 0.4) is 0 Å². The monoisotopic (exact) mass is 283 g/mol. The van der Waals surface area contributed by atoms with Gasteiger partial charge in [0, 0.05) is 44.9 Å². The molecule has 6 heteroatoms. The Morgan fingerprint density at radius 1 is 1.47 bits per heavy atom. The number of thioether (sulfide) groups is 1. The fraction of sp³-hybridized carbons (Fsp3) is 0.538. The molecule has 0 aliphatic carbocycles. The lowest BCUT2D eigenvalue weighted by atomic mass is 10.3. The largest absolute Gasteiger partial charge is 0.396 e. The Balaban J connectivity index is 2.38. The summed E-state index contributed by atoms with van der Waals surface area (Å²) in [4.78, 5) is 17.3. The van der Waals surface area contributed by atoms with Crippen molar-refractivity contribution in [3.63, 3.8) is 0 Å². The van der Waals surface area contributed by atoms with Crippen LogP contribution in [0.2, 0.25) is 0 Å². The van der Waals surface area contributed by atoms with Crippen molar-refractivity contribution >= 4 is 23.4 Å². The molecule has 0 unspecified atom stereocenters. The van der Waals surface area contributed by atoms with Crippen LogP contribution in [0.25, 0.3) is 0 Å². The fourth-order valence-corrected chi connectivity index (χ4v) is 2.21. The zero-order valence-corrected chi connectivity index (χ0v) is 12.2. The molecule has 0 aromatic carbocycles. The van der Waals surface area contributed by atoms with Crippen LogP contribution < -0.4 is 5.32 Å². The van der Waals surface area contributed by atoms with Crippen LogP contribution in [0.15, 0.2) is 18.3 Å². The van der Waals surface area contributed by atoms with Crippen LogP contribution >= 0.6 is 11.8 Å². The minimum absolute atomic E-state index is 0.0963. The predicted molar refractivity (Wildman–Crippen MR) is 79.8 cm³/mol. The van der Waals surface area contributed by atoms with Crippen LogP contribution in [0, 0.1) is 0 Å². The summed E-state index contributed by atoms with van der Waals surface area (Å²) in [6.07, 6.45) is 2.47. The van der Waals surface area contributed by atoms with E-state index in [4.69, 9.17) is 5.11 Å². The SMILES string of the molecule is CN(C)C(=O)c1cc(NCCSCCCO)ccn1. The molecule has 5 nitrogen and oxygen atoms in total. The summed E-state index contributed by atoms with van der Waals surface area (Å²) >= 11 is 1.80. The molecular formula is C13H21N3O2S. The van der Waals surface area contributed by atoms with Gasteiger partial charge in [-0.15, -0.1) is 0 Å². The Bertz CT molecular complexity index is 399. The molecule has 0 radical (unpaired) electrons. The lowest BCUT2D eigenvalue weighted by molar-refractivity contribution is 0.0822. The molecule has 1 amide bonds. The number of pyridine rings is 1. The summed E-state index contributed by atoms with van der Waals surface area (Å²) in [6, 6.07) is 3.62. The van der Waals surface area contributed by atoms with Crippen molar-refractivity contribution < 1.29 is 9.90 Å². The molecule has 0 saturated carbocycles. The van der Waals surface area contributed by atoms with Gasteiger partial charge in [0.25, 0.3) is 5.91 Å². The van der Waals surface area contributed by atoms with Crippen LogP contribution in [0.5, 0.6) is 0 Å². The smallest absolute Gasteiger partial charge is 0.272 e. The minimum atomic E-state index is -0.0963. The van der Waals surface area contributed by atoms with E-state index in [1.807, 2.05) is 6.07 Å². The van der Waals surface area contributed by atoms with Gasteiger partial charge in [-0.25, -0.2) is 0 Å². The van der Waals surface area contributed by atoms with E-state index in [0.717, 1.165) is 30.2 Å². The maximum absolute atomic E-state index is 11.8. The number of hydrogen-bond acceptors (Lipinski definition) is 5. The molecule has 106 valence electrons. The maximum Gasteiger partial charge on any atom is 0.272 e. The average molecular weight is 283 g/mol. The summed E-state index contributed by atoms with van der Waals surface area (Å²) in [5.41, 5.74) is 1.35. The molecule has 0 aliphatic heterocycles. The van der Waals surface area contributed by atoms with Crippen molar-refractivity contribution in [1.82, 2.24) is 9.88 Å². The molecule has 0 aliphatic rings. The first-order chi connectivity index (χ1) is 9.15. The highest BCUT2D eigenvalue weighted by atomic mass is 32.2. The number of amides is 1. The summed E-state index contributed by atoms with van der Waals surface area (Å²) in [5.74, 6) is 1.85. The van der Waals surface area contributed by atoms with E-state index < -0.39 is 0 Å². The molecule has 0 atom stereocenters. The van der Waals surface area contributed by atoms with E-state index in [0.29, 0.717) is 5.69 Å². The van der Waals surface area contributed by atoms with Crippen molar-refractivity contribution in [2.24, 2.45) is 0 Å². The molecule has 0 fully saturated rings. The first-order valence-electron chi connectivity index (χ1n) is 6.25. The molecular weight excluding hydrogens is 262 g/mol. The summed E-state index contributed by atoms with van der Waals surface area (Å²) < 4.78 is 0. The highest BCUT2D eigenvalue weighted by molar-refractivity contribution is 7.99. The lowest BCUT2D eigenvalue weighted by Gasteiger charge is -2.11. The second-order valence-corrected chi connectivity index (χ2v) is 5.47. The molecule has 0 spiro atoms. The third kappa shape index (κ3) is 5.94. The van der Waals surface area contributed by atoms with E-state index >= 15 is 0 Å². The van der Waals surface area contributed by atoms with Crippen molar-refractivity contribution in [2.45, 2.75) is 6.42 Å². The van der Waals surface area contributed by atoms with Gasteiger partial charge >= 0.3 is 0 Å². The molecule has 19 heavy (non-hydrogen) atoms. The highest BCUT2D eigenvalue weighted by Crippen LogP contribution is 2.10. The number of hydrogen-bond donors (Lipinski definition) is 2. The zero-order chi connectivity index (χ0) is 14.1. The molecule has 0 bridgehead atoms. The molecule has 1 rings (SSSR count). The topological polar surface area (TPSA) is 65.5 Å². The van der Waals surface area contributed by atoms with E-state index in [9.17, 15) is 4.79 Å². The number of carbonyl (C=O) groups is 1. The predicted octanol–water partition coefficient (Wildman–Crippen LogP) is 1.31. The van der Waals surface area contributed by atoms with Crippen molar-refractivity contribution in [3.8, 4) is 0 Å². The summed E-state index contributed by atoms with van der Waals surface area (Å²) in [7, 11) is 3.42. The standard InChI is InChI=1S/C13H21N3O2S/c1-16(2)13(18)12-10-11(4-5-15-12)14-6-9-19-8-3-7-17/h4-5,10,17H,3,6-9H2,1-2H3,(H,14,15). The Morgan fingerprint density at radius 2 is 2.26 bits per heavy atom. The molecule has 0 saturated heterocycles. The van der Waals surface area contributed by atoms with Gasteiger partial charge in [-0.2, -0.15) is 11.8 Å². The third-order valence-corrected chi connectivity index (χ3v) is 3.48. The number of aliphatic hydroxyl groups is 1. The summed E-state index contributed by atoms with van der Waals surface area (Å²) in [6.45, 7) is 1.08. The quantitative estimate of drug-likeness (QED) is 0.704. The maximum atomic E-state index is 11.8. The normalized spacial score (nSPS) is 10.3. The first-order valence-corrected chi connectivity index (χ1v) is 7.41. The number of aliphatic hydroxyl groups excluding tert-OH is 1. The highest BCUT2D eigenvalue weighted by Gasteiger charge is 2.09. The second-order valence-electron chi connectivity index (χ2n) is 4.25. The average Bonchev–Trinajstić information content (AvgIpc) is 2.42. The Hall–Kier alpha value is -1.27. The van der Waals surface area contributed by atoms with Crippen molar-refractivity contribution in [3.05, 3.63) is 24.0 Å². The number of anilines is 1. The Morgan fingerprint density at radius 3 is 2.95 bits per heavy atom. The summed E-state index contributed by atoms with van der Waals surface area (Å²) in [5, 5.41) is 11.9. The molecule has 1 aromatic heterocycles. The number of rotatable bonds is 8. The van der Waals surface area contributed by atoms with Crippen LogP contribution in [-0.4, -0.2) is 59.7 Å². The third-order valence-electron chi connectivity index (χ3n) is 2.41. The second kappa shape index (κ2) is 8.77.